The summed E-state index contributed by atoms with van der Waals surface area (Å²) in [7, 11) is 0. The lowest BCUT2D eigenvalue weighted by Crippen LogP contribution is -3.12. The number of rotatable bonds is 45. The first kappa shape index (κ1) is 55.9. The maximum absolute atomic E-state index is 2.32. The Labute approximate surface area is 338 Å². The van der Waals surface area contributed by atoms with E-state index in [1.165, 1.54) is 289 Å². The molecule has 3 heteroatoms. The van der Waals surface area contributed by atoms with Gasteiger partial charge in [0.05, 0.1) is 19.6 Å². The summed E-state index contributed by atoms with van der Waals surface area (Å²) >= 11 is 0. The second kappa shape index (κ2) is 52.6. The van der Waals surface area contributed by atoms with E-state index in [-0.39, 0.29) is 24.8 Å². The zero-order valence-corrected chi connectivity index (χ0v) is 37.7. The van der Waals surface area contributed by atoms with Crippen LogP contribution in [0.4, 0.5) is 0 Å². The molecule has 0 rings (SSSR count). The van der Waals surface area contributed by atoms with Gasteiger partial charge in [0.15, 0.2) is 0 Å². The Hall–Kier alpha value is 0.540. The van der Waals surface area contributed by atoms with Gasteiger partial charge in [-0.15, -0.1) is 12.4 Å². The number of halogens is 2. The van der Waals surface area contributed by atoms with Crippen molar-refractivity contribution in [2.45, 2.75) is 290 Å². The fourth-order valence-corrected chi connectivity index (χ4v) is 8.08. The van der Waals surface area contributed by atoms with E-state index >= 15 is 0 Å². The summed E-state index contributed by atoms with van der Waals surface area (Å²) in [5.74, 6) is 0. The Morgan fingerprint density at radius 3 is 0.451 bits per heavy atom. The second-order valence-corrected chi connectivity index (χ2v) is 16.8. The predicted molar refractivity (Wildman–Crippen MR) is 234 cm³/mol. The fraction of sp³-hybridized carbons (Fsp3) is 1.00. The molecular formula is C48H101Cl2N. The monoisotopic (exact) mass is 762 g/mol. The van der Waals surface area contributed by atoms with E-state index in [9.17, 15) is 0 Å². The molecule has 0 atom stereocenters. The summed E-state index contributed by atoms with van der Waals surface area (Å²) in [5.41, 5.74) is 0. The van der Waals surface area contributed by atoms with Crippen molar-refractivity contribution in [1.29, 1.82) is 0 Å². The summed E-state index contributed by atoms with van der Waals surface area (Å²) in [6, 6.07) is 0. The molecule has 0 saturated heterocycles. The van der Waals surface area contributed by atoms with Crippen molar-refractivity contribution in [1.82, 2.24) is 0 Å². The molecule has 312 valence electrons. The van der Waals surface area contributed by atoms with Crippen LogP contribution in [0, 0.1) is 0 Å². The summed E-state index contributed by atoms with van der Waals surface area (Å²) in [4.78, 5) is 1.96. The van der Waals surface area contributed by atoms with Gasteiger partial charge in [0.25, 0.3) is 0 Å². The van der Waals surface area contributed by atoms with Gasteiger partial charge >= 0.3 is 0 Å². The first-order chi connectivity index (χ1) is 24.3. The molecule has 1 N–H and O–H groups in total. The third-order valence-corrected chi connectivity index (χ3v) is 11.7. The van der Waals surface area contributed by atoms with Crippen LogP contribution in [0.1, 0.15) is 290 Å². The molecule has 0 aliphatic heterocycles. The Morgan fingerprint density at radius 2 is 0.314 bits per heavy atom. The Kier molecular flexibility index (Phi) is 57.7. The largest absolute Gasteiger partial charge is 1.00 e. The third kappa shape index (κ3) is 50.5. The predicted octanol–water partition coefficient (Wildman–Crippen LogP) is 13.7. The lowest BCUT2D eigenvalue weighted by atomic mass is 10.0. The molecule has 0 aliphatic rings. The smallest absolute Gasteiger partial charge is 0.0770 e. The third-order valence-electron chi connectivity index (χ3n) is 11.7. The van der Waals surface area contributed by atoms with Gasteiger partial charge in [0, 0.05) is 0 Å². The number of quaternary nitrogens is 1. The molecule has 0 radical (unpaired) electrons. The normalized spacial score (nSPS) is 11.3. The van der Waals surface area contributed by atoms with Crippen LogP contribution in [-0.4, -0.2) is 19.6 Å². The highest BCUT2D eigenvalue weighted by atomic mass is 35.5. The van der Waals surface area contributed by atoms with E-state index in [4.69, 9.17) is 0 Å². The summed E-state index contributed by atoms with van der Waals surface area (Å²) < 4.78 is 0. The molecule has 0 amide bonds. The highest BCUT2D eigenvalue weighted by Crippen LogP contribution is 2.15. The van der Waals surface area contributed by atoms with Crippen LogP contribution >= 0.6 is 12.4 Å². The van der Waals surface area contributed by atoms with Crippen LogP contribution in [0.5, 0.6) is 0 Å². The molecule has 0 spiro atoms. The maximum Gasteiger partial charge on any atom is 0.0770 e. The lowest BCUT2D eigenvalue weighted by molar-refractivity contribution is -0.900. The van der Waals surface area contributed by atoms with Crippen molar-refractivity contribution in [2.75, 3.05) is 19.6 Å². The average Bonchev–Trinajstić information content (AvgIpc) is 3.11. The van der Waals surface area contributed by atoms with E-state index in [1.54, 1.807) is 0 Å². The van der Waals surface area contributed by atoms with Crippen molar-refractivity contribution in [3.8, 4) is 0 Å². The molecule has 0 aliphatic carbocycles. The Bertz CT molecular complexity index is 479. The lowest BCUT2D eigenvalue weighted by Gasteiger charge is -2.20. The summed E-state index contributed by atoms with van der Waals surface area (Å²) in [5, 5.41) is 0. The van der Waals surface area contributed by atoms with Crippen molar-refractivity contribution >= 4 is 12.4 Å². The van der Waals surface area contributed by atoms with E-state index < -0.39 is 0 Å². The number of hydrogen-bond acceptors (Lipinski definition) is 0. The fourth-order valence-electron chi connectivity index (χ4n) is 8.08. The molecule has 0 aromatic heterocycles. The molecule has 0 aromatic rings. The van der Waals surface area contributed by atoms with Gasteiger partial charge in [-0.25, -0.2) is 0 Å². The van der Waals surface area contributed by atoms with Crippen molar-refractivity contribution in [3.05, 3.63) is 0 Å². The standard InChI is InChI=1S/C48H99N.2ClH/c1-4-7-10-13-16-19-22-25-28-31-34-37-40-43-46-49(47-44-41-38-35-32-29-26-23-20-17-14-11-8-5-2)48-45-42-39-36-33-30-27-24-21-18-15-12-9-6-3;;/h4-48H2,1-3H3;2*1H. The van der Waals surface area contributed by atoms with Crippen molar-refractivity contribution in [3.63, 3.8) is 0 Å². The highest BCUT2D eigenvalue weighted by Gasteiger charge is 2.08. The molecular weight excluding hydrogens is 661 g/mol. The van der Waals surface area contributed by atoms with Gasteiger partial charge in [-0.1, -0.05) is 252 Å². The summed E-state index contributed by atoms with van der Waals surface area (Å²) in [6.07, 6.45) is 61.9. The first-order valence-electron chi connectivity index (χ1n) is 24.2. The molecule has 0 heterocycles. The zero-order valence-electron chi connectivity index (χ0n) is 36.1. The van der Waals surface area contributed by atoms with Gasteiger partial charge in [-0.05, 0) is 38.5 Å². The van der Waals surface area contributed by atoms with Crippen LogP contribution < -0.4 is 17.3 Å². The topological polar surface area (TPSA) is 4.44 Å². The molecule has 0 bridgehead atoms. The zero-order chi connectivity index (χ0) is 35.4. The minimum absolute atomic E-state index is 0. The van der Waals surface area contributed by atoms with Crippen LogP contribution in [-0.2, 0) is 0 Å². The quantitative estimate of drug-likeness (QED) is 0.0589. The number of nitrogens with one attached hydrogen (secondary N) is 1. The van der Waals surface area contributed by atoms with E-state index in [1.807, 2.05) is 4.90 Å². The van der Waals surface area contributed by atoms with Crippen LogP contribution in [0.15, 0.2) is 0 Å². The van der Waals surface area contributed by atoms with E-state index in [2.05, 4.69) is 20.8 Å². The molecule has 1 nitrogen and oxygen atoms in total. The molecule has 51 heavy (non-hydrogen) atoms. The molecule has 0 saturated carbocycles. The number of unbranched alkanes of at least 4 members (excludes halogenated alkanes) is 39. The Balaban J connectivity index is -0.0000115. The van der Waals surface area contributed by atoms with Gasteiger partial charge in [0.2, 0.25) is 0 Å². The molecule has 0 fully saturated rings. The second-order valence-electron chi connectivity index (χ2n) is 16.8. The number of hydrogen-bond donors (Lipinski definition) is 1. The summed E-state index contributed by atoms with van der Waals surface area (Å²) in [6.45, 7) is 11.3. The van der Waals surface area contributed by atoms with Crippen molar-refractivity contribution < 1.29 is 17.3 Å². The van der Waals surface area contributed by atoms with E-state index in [0.717, 1.165) is 0 Å². The minimum atomic E-state index is 0. The van der Waals surface area contributed by atoms with Crippen molar-refractivity contribution in [2.24, 2.45) is 0 Å². The maximum atomic E-state index is 2.32. The SMILES string of the molecule is CCCCCCCCCCCCCCCC[NH+](CCCCCCCCCCCCCCCC)CCCCCCCCCCCCCCCC.Cl.[Cl-]. The van der Waals surface area contributed by atoms with Gasteiger partial charge < -0.3 is 17.3 Å². The average molecular weight is 763 g/mol. The molecule has 0 aromatic carbocycles. The van der Waals surface area contributed by atoms with Gasteiger partial charge in [0.1, 0.15) is 0 Å². The van der Waals surface area contributed by atoms with Crippen LogP contribution in [0.3, 0.4) is 0 Å². The van der Waals surface area contributed by atoms with Crippen LogP contribution in [0.25, 0.3) is 0 Å². The van der Waals surface area contributed by atoms with Gasteiger partial charge in [-0.3, -0.25) is 0 Å². The first-order valence-corrected chi connectivity index (χ1v) is 24.2. The minimum Gasteiger partial charge on any atom is -1.00 e. The Morgan fingerprint density at radius 1 is 0.196 bits per heavy atom. The van der Waals surface area contributed by atoms with Crippen LogP contribution in [0.2, 0.25) is 0 Å². The highest BCUT2D eigenvalue weighted by molar-refractivity contribution is 5.85. The van der Waals surface area contributed by atoms with Gasteiger partial charge in [-0.2, -0.15) is 0 Å². The molecule has 0 unspecified atom stereocenters. The van der Waals surface area contributed by atoms with E-state index in [0.29, 0.717) is 0 Å².